The van der Waals surface area contributed by atoms with E-state index < -0.39 is 0 Å². The Morgan fingerprint density at radius 3 is 2.91 bits per heavy atom. The molecule has 1 aromatic carbocycles. The van der Waals surface area contributed by atoms with Crippen LogP contribution in [0.5, 0.6) is 5.75 Å². The number of nitrogens with one attached hydrogen (secondary N) is 2. The van der Waals surface area contributed by atoms with Crippen LogP contribution in [0.25, 0.3) is 0 Å². The Balaban J connectivity index is 1.71. The zero-order valence-corrected chi connectivity index (χ0v) is 19.2. The van der Waals surface area contributed by atoms with Crippen LogP contribution < -0.4 is 26.0 Å². The van der Waals surface area contributed by atoms with Crippen molar-refractivity contribution in [2.45, 2.75) is 39.8 Å². The van der Waals surface area contributed by atoms with Gasteiger partial charge >= 0.3 is 0 Å². The van der Waals surface area contributed by atoms with Gasteiger partial charge in [0.2, 0.25) is 5.91 Å². The number of nitrogens with two attached hydrogens (primary N) is 1. The maximum absolute atomic E-state index is 11.7. The highest BCUT2D eigenvalue weighted by molar-refractivity contribution is 5.80. The number of piperidine rings is 1. The van der Waals surface area contributed by atoms with Crippen molar-refractivity contribution in [3.05, 3.63) is 53.2 Å². The summed E-state index contributed by atoms with van der Waals surface area (Å²) in [5.41, 5.74) is 8.79. The molecule has 0 saturated carbocycles. The van der Waals surface area contributed by atoms with E-state index in [1.165, 1.54) is 0 Å². The zero-order chi connectivity index (χ0) is 22.9. The van der Waals surface area contributed by atoms with Gasteiger partial charge in [0, 0.05) is 43.5 Å². The first-order valence-corrected chi connectivity index (χ1v) is 11.2. The molecular weight excluding hydrogens is 404 g/mol. The van der Waals surface area contributed by atoms with Gasteiger partial charge in [-0.1, -0.05) is 18.2 Å². The fraction of sp³-hybridized carbons (Fsp3) is 0.458. The van der Waals surface area contributed by atoms with Gasteiger partial charge in [0.15, 0.2) is 5.96 Å². The Morgan fingerprint density at radius 1 is 1.31 bits per heavy atom. The number of aromatic nitrogens is 1. The molecule has 8 heteroatoms. The van der Waals surface area contributed by atoms with Crippen molar-refractivity contribution in [2.75, 3.05) is 31.6 Å². The minimum absolute atomic E-state index is 0.130. The number of amides is 1. The van der Waals surface area contributed by atoms with E-state index in [0.29, 0.717) is 19.6 Å². The predicted molar refractivity (Wildman–Crippen MR) is 128 cm³/mol. The second-order valence-electron chi connectivity index (χ2n) is 8.04. The number of aryl methyl sites for hydroxylation is 1. The van der Waals surface area contributed by atoms with E-state index in [4.69, 9.17) is 15.5 Å². The zero-order valence-electron chi connectivity index (χ0n) is 19.2. The van der Waals surface area contributed by atoms with E-state index in [2.05, 4.69) is 32.7 Å². The summed E-state index contributed by atoms with van der Waals surface area (Å²) in [6.07, 6.45) is 3.56. The number of rotatable bonds is 8. The summed E-state index contributed by atoms with van der Waals surface area (Å²) in [5.74, 6) is 2.09. The number of pyridine rings is 1. The molecule has 32 heavy (non-hydrogen) atoms. The molecule has 1 amide bonds. The third-order valence-corrected chi connectivity index (χ3v) is 5.63. The molecule has 1 aliphatic heterocycles. The summed E-state index contributed by atoms with van der Waals surface area (Å²) in [7, 11) is 1.68. The third kappa shape index (κ3) is 6.12. The van der Waals surface area contributed by atoms with E-state index in [9.17, 15) is 4.79 Å². The number of nitrogens with zero attached hydrogens (tertiary/aromatic N) is 3. The Labute approximate surface area is 190 Å². The van der Waals surface area contributed by atoms with Gasteiger partial charge in [0.05, 0.1) is 19.6 Å². The summed E-state index contributed by atoms with van der Waals surface area (Å²) in [4.78, 5) is 23.2. The lowest BCUT2D eigenvalue weighted by Gasteiger charge is -2.33. The topological polar surface area (TPSA) is 105 Å². The van der Waals surface area contributed by atoms with E-state index >= 15 is 0 Å². The van der Waals surface area contributed by atoms with E-state index in [1.54, 1.807) is 13.3 Å². The van der Waals surface area contributed by atoms with Gasteiger partial charge in [-0.25, -0.2) is 9.98 Å². The lowest BCUT2D eigenvalue weighted by molar-refractivity contribution is -0.122. The molecule has 1 aliphatic rings. The first-order valence-electron chi connectivity index (χ1n) is 11.2. The average Bonchev–Trinajstić information content (AvgIpc) is 2.81. The molecule has 4 N–H and O–H groups in total. The van der Waals surface area contributed by atoms with Gasteiger partial charge in [-0.05, 0) is 44.4 Å². The van der Waals surface area contributed by atoms with Crippen LogP contribution in [0.2, 0.25) is 0 Å². The molecule has 0 aliphatic carbocycles. The molecule has 1 saturated heterocycles. The SMILES string of the molecule is CCNC(=NCc1ccc(C)cc1OC)NCc1cccnc1N1CCCC(C(N)=O)C1. The highest BCUT2D eigenvalue weighted by Crippen LogP contribution is 2.24. The number of ether oxygens (including phenoxy) is 1. The van der Waals surface area contributed by atoms with Gasteiger partial charge in [-0.15, -0.1) is 0 Å². The van der Waals surface area contributed by atoms with Crippen molar-refractivity contribution in [1.29, 1.82) is 0 Å². The molecule has 1 fully saturated rings. The van der Waals surface area contributed by atoms with Gasteiger partial charge in [0.1, 0.15) is 11.6 Å². The molecule has 1 aromatic heterocycles. The lowest BCUT2D eigenvalue weighted by atomic mass is 9.97. The second kappa shape index (κ2) is 11.4. The maximum atomic E-state index is 11.7. The summed E-state index contributed by atoms with van der Waals surface area (Å²) < 4.78 is 5.50. The monoisotopic (exact) mass is 438 g/mol. The first-order chi connectivity index (χ1) is 15.5. The fourth-order valence-electron chi connectivity index (χ4n) is 3.92. The van der Waals surface area contributed by atoms with Gasteiger partial charge < -0.3 is 26.0 Å². The number of carbonyl (C=O) groups excluding carboxylic acids is 1. The normalized spacial score (nSPS) is 16.5. The largest absolute Gasteiger partial charge is 0.496 e. The van der Waals surface area contributed by atoms with E-state index in [-0.39, 0.29) is 11.8 Å². The molecule has 0 radical (unpaired) electrons. The number of hydrogen-bond donors (Lipinski definition) is 3. The standard InChI is InChI=1S/C24H34N6O2/c1-4-26-24(28-14-18-10-9-17(2)13-21(18)32-3)29-15-19-7-5-11-27-23(19)30-12-6-8-20(16-30)22(25)31/h5,7,9-11,13,20H,4,6,8,12,14-16H2,1-3H3,(H2,25,31)(H2,26,28,29). The number of methoxy groups -OCH3 is 1. The van der Waals surface area contributed by atoms with Crippen molar-refractivity contribution in [2.24, 2.45) is 16.6 Å². The molecule has 0 bridgehead atoms. The Morgan fingerprint density at radius 2 is 2.16 bits per heavy atom. The van der Waals surface area contributed by atoms with Crippen LogP contribution in [0.1, 0.15) is 36.5 Å². The molecule has 2 heterocycles. The summed E-state index contributed by atoms with van der Waals surface area (Å²) in [6.45, 7) is 7.39. The number of anilines is 1. The van der Waals surface area contributed by atoms with Crippen molar-refractivity contribution >= 4 is 17.7 Å². The molecule has 8 nitrogen and oxygen atoms in total. The van der Waals surface area contributed by atoms with E-state index in [0.717, 1.165) is 60.1 Å². The minimum Gasteiger partial charge on any atom is -0.496 e. The van der Waals surface area contributed by atoms with Crippen molar-refractivity contribution in [1.82, 2.24) is 15.6 Å². The highest BCUT2D eigenvalue weighted by Gasteiger charge is 2.26. The van der Waals surface area contributed by atoms with Gasteiger partial charge in [-0.3, -0.25) is 4.79 Å². The van der Waals surface area contributed by atoms with Crippen LogP contribution in [0, 0.1) is 12.8 Å². The molecule has 2 aromatic rings. The van der Waals surface area contributed by atoms with Crippen molar-refractivity contribution in [3.8, 4) is 5.75 Å². The first kappa shape index (κ1) is 23.4. The van der Waals surface area contributed by atoms with Crippen molar-refractivity contribution in [3.63, 3.8) is 0 Å². The van der Waals surface area contributed by atoms with Crippen LogP contribution >= 0.6 is 0 Å². The number of hydrogen-bond acceptors (Lipinski definition) is 5. The van der Waals surface area contributed by atoms with Crippen molar-refractivity contribution < 1.29 is 9.53 Å². The lowest BCUT2D eigenvalue weighted by Crippen LogP contribution is -2.42. The number of benzene rings is 1. The van der Waals surface area contributed by atoms with Crippen LogP contribution in [0.4, 0.5) is 5.82 Å². The van der Waals surface area contributed by atoms with Gasteiger partial charge in [0.25, 0.3) is 0 Å². The minimum atomic E-state index is -0.238. The smallest absolute Gasteiger partial charge is 0.222 e. The fourth-order valence-corrected chi connectivity index (χ4v) is 3.92. The number of aliphatic imine (C=N–C) groups is 1. The molecule has 0 spiro atoms. The predicted octanol–water partition coefficient (Wildman–Crippen LogP) is 2.36. The van der Waals surface area contributed by atoms with E-state index in [1.807, 2.05) is 32.0 Å². The van der Waals surface area contributed by atoms with Gasteiger partial charge in [-0.2, -0.15) is 0 Å². The van der Waals surface area contributed by atoms with Crippen LogP contribution in [-0.4, -0.2) is 43.6 Å². The van der Waals surface area contributed by atoms with Crippen LogP contribution in [0.15, 0.2) is 41.5 Å². The number of guanidine groups is 1. The third-order valence-electron chi connectivity index (χ3n) is 5.63. The molecule has 172 valence electrons. The Kier molecular flexibility index (Phi) is 8.30. The van der Waals surface area contributed by atoms with Crippen LogP contribution in [-0.2, 0) is 17.9 Å². The quantitative estimate of drug-likeness (QED) is 0.432. The summed E-state index contributed by atoms with van der Waals surface area (Å²) in [5, 5.41) is 6.71. The molecular formula is C24H34N6O2. The summed E-state index contributed by atoms with van der Waals surface area (Å²) >= 11 is 0. The Hall–Kier alpha value is -3.29. The molecule has 1 unspecified atom stereocenters. The second-order valence-corrected chi connectivity index (χ2v) is 8.04. The molecule has 1 atom stereocenters. The number of carbonyl (C=O) groups is 1. The average molecular weight is 439 g/mol. The maximum Gasteiger partial charge on any atom is 0.222 e. The highest BCUT2D eigenvalue weighted by atomic mass is 16.5. The Bertz CT molecular complexity index is 946. The molecule has 3 rings (SSSR count). The number of primary amides is 1. The summed E-state index contributed by atoms with van der Waals surface area (Å²) in [6, 6.07) is 10.1. The van der Waals surface area contributed by atoms with Crippen LogP contribution in [0.3, 0.4) is 0 Å².